The number of rotatable bonds is 1. The van der Waals surface area contributed by atoms with Crippen molar-refractivity contribution in [1.82, 2.24) is 0 Å². The number of nitrogens with zero attached hydrogens (tertiary/aromatic N) is 1. The van der Waals surface area contributed by atoms with E-state index in [0.29, 0.717) is 6.42 Å². The number of amides is 1. The second-order valence-electron chi connectivity index (χ2n) is 4.24. The van der Waals surface area contributed by atoms with Gasteiger partial charge in [-0.25, -0.2) is 13.4 Å². The standard InChI is InChI=1S/C12H12ClNO3S/c1-8(15)14-11-4-2-9-3-5-12(18(13,16)17)7-10(9)6-11/h3,5,7H,2,4,6H2,1H3. The van der Waals surface area contributed by atoms with Gasteiger partial charge in [0, 0.05) is 29.7 Å². The Morgan fingerprint density at radius 3 is 2.61 bits per heavy atom. The van der Waals surface area contributed by atoms with E-state index < -0.39 is 9.05 Å². The highest BCUT2D eigenvalue weighted by Crippen LogP contribution is 2.24. The van der Waals surface area contributed by atoms with E-state index in [-0.39, 0.29) is 10.8 Å². The van der Waals surface area contributed by atoms with E-state index in [1.807, 2.05) is 0 Å². The van der Waals surface area contributed by atoms with Crippen LogP contribution in [0.25, 0.3) is 0 Å². The minimum Gasteiger partial charge on any atom is -0.273 e. The number of carbonyl (C=O) groups is 1. The third kappa shape index (κ3) is 2.97. The summed E-state index contributed by atoms with van der Waals surface area (Å²) in [4.78, 5) is 15.0. The monoisotopic (exact) mass is 285 g/mol. The Hall–Kier alpha value is -1.20. The maximum Gasteiger partial charge on any atom is 0.261 e. The molecule has 0 radical (unpaired) electrons. The highest BCUT2D eigenvalue weighted by molar-refractivity contribution is 8.13. The average molecular weight is 286 g/mol. The fraction of sp³-hybridized carbons (Fsp3) is 0.333. The van der Waals surface area contributed by atoms with Gasteiger partial charge in [0.25, 0.3) is 9.05 Å². The van der Waals surface area contributed by atoms with Crippen LogP contribution in [0.5, 0.6) is 0 Å². The summed E-state index contributed by atoms with van der Waals surface area (Å²) >= 11 is 0. The van der Waals surface area contributed by atoms with Gasteiger partial charge in [0.05, 0.1) is 4.90 Å². The fourth-order valence-corrected chi connectivity index (χ4v) is 2.87. The number of fused-ring (bicyclic) bond motifs is 1. The van der Waals surface area contributed by atoms with Crippen molar-refractivity contribution in [2.45, 2.75) is 31.1 Å². The fourth-order valence-electron chi connectivity index (χ4n) is 2.07. The molecule has 18 heavy (non-hydrogen) atoms. The minimum absolute atomic E-state index is 0.0898. The Kier molecular flexibility index (Phi) is 3.54. The maximum atomic E-state index is 11.3. The summed E-state index contributed by atoms with van der Waals surface area (Å²) in [5, 5.41) is 0. The van der Waals surface area contributed by atoms with Crippen molar-refractivity contribution in [2.24, 2.45) is 4.99 Å². The van der Waals surface area contributed by atoms with E-state index >= 15 is 0 Å². The molecule has 0 heterocycles. The molecule has 4 nitrogen and oxygen atoms in total. The maximum absolute atomic E-state index is 11.3. The molecule has 0 bridgehead atoms. The van der Waals surface area contributed by atoms with E-state index in [4.69, 9.17) is 10.7 Å². The van der Waals surface area contributed by atoms with Gasteiger partial charge >= 0.3 is 0 Å². The van der Waals surface area contributed by atoms with Crippen LogP contribution in [0.1, 0.15) is 24.5 Å². The van der Waals surface area contributed by atoms with Crippen LogP contribution in [-0.2, 0) is 26.7 Å². The number of carbonyl (C=O) groups excluding carboxylic acids is 1. The zero-order chi connectivity index (χ0) is 13.3. The SMILES string of the molecule is CC(=O)N=C1CCc2ccc(S(=O)(=O)Cl)cc2C1. The molecule has 1 amide bonds. The van der Waals surface area contributed by atoms with Crippen molar-refractivity contribution in [3.63, 3.8) is 0 Å². The predicted molar refractivity (Wildman–Crippen MR) is 69.6 cm³/mol. The predicted octanol–water partition coefficient (Wildman–Crippen LogP) is 2.09. The van der Waals surface area contributed by atoms with Crippen LogP contribution in [0.3, 0.4) is 0 Å². The first-order chi connectivity index (χ1) is 8.36. The van der Waals surface area contributed by atoms with E-state index in [1.165, 1.54) is 13.0 Å². The van der Waals surface area contributed by atoms with Gasteiger partial charge in [-0.05, 0) is 36.1 Å². The number of hydrogen-bond donors (Lipinski definition) is 0. The van der Waals surface area contributed by atoms with Gasteiger partial charge in [-0.2, -0.15) is 0 Å². The molecule has 0 saturated carbocycles. The topological polar surface area (TPSA) is 63.6 Å². The van der Waals surface area contributed by atoms with Gasteiger partial charge in [0.2, 0.25) is 5.91 Å². The van der Waals surface area contributed by atoms with Crippen molar-refractivity contribution < 1.29 is 13.2 Å². The van der Waals surface area contributed by atoms with Crippen molar-refractivity contribution >= 4 is 31.4 Å². The van der Waals surface area contributed by atoms with Crippen LogP contribution in [0.4, 0.5) is 0 Å². The molecule has 0 aliphatic heterocycles. The van der Waals surface area contributed by atoms with Crippen LogP contribution in [0.2, 0.25) is 0 Å². The summed E-state index contributed by atoms with van der Waals surface area (Å²) in [7, 11) is 1.60. The van der Waals surface area contributed by atoms with Gasteiger partial charge in [0.15, 0.2) is 0 Å². The second-order valence-corrected chi connectivity index (χ2v) is 6.81. The van der Waals surface area contributed by atoms with Crippen LogP contribution < -0.4 is 0 Å². The average Bonchev–Trinajstić information content (AvgIpc) is 2.26. The lowest BCUT2D eigenvalue weighted by Gasteiger charge is -2.17. The zero-order valence-electron chi connectivity index (χ0n) is 9.81. The summed E-state index contributed by atoms with van der Waals surface area (Å²) in [6.45, 7) is 1.40. The number of aliphatic imine (C=N–C) groups is 1. The van der Waals surface area contributed by atoms with E-state index in [0.717, 1.165) is 29.7 Å². The van der Waals surface area contributed by atoms with Gasteiger partial charge in [-0.15, -0.1) is 0 Å². The number of aryl methyl sites for hydroxylation is 1. The molecule has 96 valence electrons. The molecule has 0 N–H and O–H groups in total. The zero-order valence-corrected chi connectivity index (χ0v) is 11.4. The lowest BCUT2D eigenvalue weighted by atomic mass is 9.90. The second kappa shape index (κ2) is 4.82. The molecular weight excluding hydrogens is 274 g/mol. The van der Waals surface area contributed by atoms with Crippen molar-refractivity contribution in [3.8, 4) is 0 Å². The first kappa shape index (κ1) is 13.2. The van der Waals surface area contributed by atoms with E-state index in [9.17, 15) is 13.2 Å². The summed E-state index contributed by atoms with van der Waals surface area (Å²) in [6, 6.07) is 4.84. The van der Waals surface area contributed by atoms with Crippen LogP contribution in [0.15, 0.2) is 28.1 Å². The normalized spacial score (nSPS) is 17.6. The number of hydrogen-bond acceptors (Lipinski definition) is 3. The van der Waals surface area contributed by atoms with Crippen LogP contribution in [0, 0.1) is 0 Å². The Morgan fingerprint density at radius 1 is 1.28 bits per heavy atom. The van der Waals surface area contributed by atoms with Gasteiger partial charge in [0.1, 0.15) is 0 Å². The van der Waals surface area contributed by atoms with Crippen LogP contribution >= 0.6 is 10.7 Å². The van der Waals surface area contributed by atoms with Crippen LogP contribution in [-0.4, -0.2) is 20.0 Å². The molecule has 1 aliphatic carbocycles. The molecule has 1 aliphatic rings. The quantitative estimate of drug-likeness (QED) is 0.742. The molecule has 0 unspecified atom stereocenters. The molecule has 6 heteroatoms. The summed E-state index contributed by atoms with van der Waals surface area (Å²) < 4.78 is 22.5. The lowest BCUT2D eigenvalue weighted by molar-refractivity contribution is -0.115. The first-order valence-corrected chi connectivity index (χ1v) is 7.80. The van der Waals surface area contributed by atoms with Gasteiger partial charge in [-0.3, -0.25) is 4.79 Å². The highest BCUT2D eigenvalue weighted by atomic mass is 35.7. The summed E-state index contributed by atoms with van der Waals surface area (Å²) in [5.41, 5.74) is 2.75. The van der Waals surface area contributed by atoms with E-state index in [2.05, 4.69) is 4.99 Å². The molecule has 2 rings (SSSR count). The first-order valence-electron chi connectivity index (χ1n) is 5.50. The molecule has 1 aromatic carbocycles. The molecule has 0 spiro atoms. The molecule has 0 atom stereocenters. The van der Waals surface area contributed by atoms with E-state index in [1.54, 1.807) is 12.1 Å². The van der Waals surface area contributed by atoms with Gasteiger partial charge in [-0.1, -0.05) is 6.07 Å². The van der Waals surface area contributed by atoms with Crippen molar-refractivity contribution in [2.75, 3.05) is 0 Å². The molecule has 0 fully saturated rings. The van der Waals surface area contributed by atoms with Crippen molar-refractivity contribution in [1.29, 1.82) is 0 Å². The number of halogens is 1. The third-order valence-corrected chi connectivity index (χ3v) is 4.20. The number of benzene rings is 1. The summed E-state index contributed by atoms with van der Waals surface area (Å²) in [6.07, 6.45) is 2.01. The molecule has 1 aromatic rings. The third-order valence-electron chi connectivity index (χ3n) is 2.85. The molecule has 0 aromatic heterocycles. The molecular formula is C12H12ClNO3S. The molecule has 0 saturated heterocycles. The Balaban J connectivity index is 2.39. The smallest absolute Gasteiger partial charge is 0.261 e. The summed E-state index contributed by atoms with van der Waals surface area (Å²) in [5.74, 6) is -0.227. The lowest BCUT2D eigenvalue weighted by Crippen LogP contribution is -2.15. The van der Waals surface area contributed by atoms with Gasteiger partial charge < -0.3 is 0 Å². The van der Waals surface area contributed by atoms with Crippen molar-refractivity contribution in [3.05, 3.63) is 29.3 Å². The Bertz CT molecular complexity index is 635. The largest absolute Gasteiger partial charge is 0.273 e. The highest BCUT2D eigenvalue weighted by Gasteiger charge is 2.18. The Morgan fingerprint density at radius 2 is 2.00 bits per heavy atom. The minimum atomic E-state index is -3.71. The Labute approximate surface area is 110 Å².